The second-order valence-electron chi connectivity index (χ2n) is 6.23. The largest absolute Gasteiger partial charge is 0.394 e. The van der Waals surface area contributed by atoms with E-state index >= 15 is 0 Å². The van der Waals surface area contributed by atoms with Crippen LogP contribution in [0.3, 0.4) is 0 Å². The summed E-state index contributed by atoms with van der Waals surface area (Å²) in [7, 11) is 0. The third kappa shape index (κ3) is 2.99. The molecule has 0 aliphatic carbocycles. The lowest BCUT2D eigenvalue weighted by Gasteiger charge is -2.32. The molecule has 1 amide bonds. The molecule has 1 unspecified atom stereocenters. The summed E-state index contributed by atoms with van der Waals surface area (Å²) in [5.74, 6) is 1.27. The molecule has 0 saturated heterocycles. The van der Waals surface area contributed by atoms with E-state index in [9.17, 15) is 9.90 Å². The van der Waals surface area contributed by atoms with Gasteiger partial charge in [-0.1, -0.05) is 0 Å². The van der Waals surface area contributed by atoms with Crippen molar-refractivity contribution in [3.05, 3.63) is 30.4 Å². The van der Waals surface area contributed by atoms with Gasteiger partial charge in [0.2, 0.25) is 5.91 Å². The first-order valence-corrected chi connectivity index (χ1v) is 8.46. The average Bonchev–Trinajstić information content (AvgIpc) is 3.21. The van der Waals surface area contributed by atoms with Crippen LogP contribution in [0, 0.1) is 6.92 Å². The number of hydrogen-bond donors (Lipinski definition) is 3. The van der Waals surface area contributed by atoms with Crippen LogP contribution in [0.15, 0.2) is 24.7 Å². The number of carbonyl (C=O) groups is 1. The van der Waals surface area contributed by atoms with E-state index in [1.54, 1.807) is 13.1 Å². The van der Waals surface area contributed by atoms with Crippen LogP contribution in [0.1, 0.15) is 12.6 Å². The number of pyridine rings is 1. The predicted octanol–water partition coefficient (Wildman–Crippen LogP) is 0.771. The van der Waals surface area contributed by atoms with Gasteiger partial charge in [-0.15, -0.1) is 0 Å². The highest BCUT2D eigenvalue weighted by molar-refractivity contribution is 6.01. The van der Waals surface area contributed by atoms with Crippen LogP contribution in [0.4, 0.5) is 11.6 Å². The summed E-state index contributed by atoms with van der Waals surface area (Å²) in [5.41, 5.74) is 2.77. The summed E-state index contributed by atoms with van der Waals surface area (Å²) in [4.78, 5) is 31.5. The molecule has 4 rings (SSSR count). The Balaban J connectivity index is 1.75. The number of aliphatic hydroxyl groups is 1. The Kier molecular flexibility index (Phi) is 4.24. The normalized spacial score (nSPS) is 14.6. The lowest BCUT2D eigenvalue weighted by molar-refractivity contribution is -0.117. The highest BCUT2D eigenvalue weighted by Gasteiger charge is 2.30. The Morgan fingerprint density at radius 1 is 1.26 bits per heavy atom. The number of carbonyl (C=O) groups excluding carboxylic acids is 1. The zero-order valence-electron chi connectivity index (χ0n) is 14.8. The Labute approximate surface area is 154 Å². The number of rotatable bonds is 4. The van der Waals surface area contributed by atoms with E-state index < -0.39 is 6.04 Å². The number of aliphatic hydroxyl groups excluding tert-OH is 1. The first-order chi connectivity index (χ1) is 13.1. The minimum atomic E-state index is -0.393. The van der Waals surface area contributed by atoms with Crippen LogP contribution in [0.25, 0.3) is 22.8 Å². The zero-order valence-corrected chi connectivity index (χ0v) is 14.8. The number of hydrogen-bond acceptors (Lipinski definition) is 8. The van der Waals surface area contributed by atoms with E-state index in [0.717, 1.165) is 11.3 Å². The van der Waals surface area contributed by atoms with Gasteiger partial charge in [0.05, 0.1) is 31.1 Å². The van der Waals surface area contributed by atoms with Gasteiger partial charge in [-0.3, -0.25) is 14.8 Å². The summed E-state index contributed by atoms with van der Waals surface area (Å²) in [5, 5.41) is 19.2. The van der Waals surface area contributed by atoms with E-state index in [0.29, 0.717) is 28.8 Å². The fourth-order valence-corrected chi connectivity index (χ4v) is 2.99. The molecule has 27 heavy (non-hydrogen) atoms. The summed E-state index contributed by atoms with van der Waals surface area (Å²) in [6.45, 7) is 3.59. The molecule has 138 valence electrons. The Hall–Kier alpha value is -3.40. The Bertz CT molecular complexity index is 989. The third-order valence-corrected chi connectivity index (χ3v) is 4.37. The molecule has 1 aliphatic heterocycles. The molecular formula is C17H18N8O2. The molecule has 0 saturated carbocycles. The van der Waals surface area contributed by atoms with E-state index in [2.05, 4.69) is 35.5 Å². The molecule has 4 heterocycles. The number of aromatic nitrogens is 6. The van der Waals surface area contributed by atoms with Crippen molar-refractivity contribution in [3.63, 3.8) is 0 Å². The Morgan fingerprint density at radius 2 is 2.11 bits per heavy atom. The van der Waals surface area contributed by atoms with Gasteiger partial charge >= 0.3 is 0 Å². The lowest BCUT2D eigenvalue weighted by atomic mass is 10.1. The fraction of sp³-hybridized carbons (Fsp3) is 0.294. The molecule has 1 atom stereocenters. The molecule has 3 aromatic heterocycles. The number of H-pyrrole nitrogens is 1. The van der Waals surface area contributed by atoms with Crippen molar-refractivity contribution in [1.29, 1.82) is 0 Å². The minimum Gasteiger partial charge on any atom is -0.394 e. The second-order valence-corrected chi connectivity index (χ2v) is 6.23. The summed E-state index contributed by atoms with van der Waals surface area (Å²) in [6.07, 6.45) is 3.13. The quantitative estimate of drug-likeness (QED) is 0.617. The second kappa shape index (κ2) is 6.72. The molecule has 3 aromatic rings. The molecule has 0 bridgehead atoms. The van der Waals surface area contributed by atoms with E-state index in [1.807, 2.05) is 19.1 Å². The van der Waals surface area contributed by atoms with Gasteiger partial charge in [0.25, 0.3) is 0 Å². The summed E-state index contributed by atoms with van der Waals surface area (Å²) < 4.78 is 0. The molecule has 0 aromatic carbocycles. The maximum absolute atomic E-state index is 12.3. The van der Waals surface area contributed by atoms with Crippen LogP contribution in [0.2, 0.25) is 0 Å². The average molecular weight is 366 g/mol. The van der Waals surface area contributed by atoms with Crippen LogP contribution >= 0.6 is 0 Å². The van der Waals surface area contributed by atoms with Crippen molar-refractivity contribution in [2.45, 2.75) is 19.9 Å². The maximum Gasteiger partial charge on any atom is 0.247 e. The molecule has 0 radical (unpaired) electrons. The minimum absolute atomic E-state index is 0.122. The van der Waals surface area contributed by atoms with Gasteiger partial charge in [-0.2, -0.15) is 5.10 Å². The number of amides is 1. The van der Waals surface area contributed by atoms with Gasteiger partial charge in [-0.25, -0.2) is 19.9 Å². The number of anilines is 2. The van der Waals surface area contributed by atoms with Crippen molar-refractivity contribution in [1.82, 2.24) is 30.1 Å². The molecule has 0 spiro atoms. The van der Waals surface area contributed by atoms with Gasteiger partial charge in [0.1, 0.15) is 12.0 Å². The molecule has 10 nitrogen and oxygen atoms in total. The first kappa shape index (κ1) is 17.0. The molecule has 10 heteroatoms. The summed E-state index contributed by atoms with van der Waals surface area (Å²) >= 11 is 0. The van der Waals surface area contributed by atoms with Crippen LogP contribution < -0.4 is 10.2 Å². The van der Waals surface area contributed by atoms with E-state index in [4.69, 9.17) is 0 Å². The first-order valence-electron chi connectivity index (χ1n) is 8.46. The number of aryl methyl sites for hydroxylation is 1. The van der Waals surface area contributed by atoms with Crippen LogP contribution in [-0.4, -0.2) is 60.3 Å². The number of fused-ring (bicyclic) bond motifs is 1. The van der Waals surface area contributed by atoms with Gasteiger partial charge in [0, 0.05) is 11.3 Å². The van der Waals surface area contributed by atoms with Crippen molar-refractivity contribution >= 4 is 17.5 Å². The van der Waals surface area contributed by atoms with Gasteiger partial charge < -0.3 is 10.4 Å². The third-order valence-electron chi connectivity index (χ3n) is 4.37. The standard InChI is InChI=1S/C17H18N8O2/c1-9(7-26)25-14(27)6-19-16-17(25)23-13(5-18-16)11-3-4-12(22-10(11)2)15-20-8-21-24-15/h3-5,8-9,26H,6-7H2,1-2H3,(H,18,19)(H,20,21,24). The van der Waals surface area contributed by atoms with Crippen molar-refractivity contribution in [2.75, 3.05) is 23.4 Å². The van der Waals surface area contributed by atoms with Crippen LogP contribution in [0.5, 0.6) is 0 Å². The predicted molar refractivity (Wildman–Crippen MR) is 97.9 cm³/mol. The van der Waals surface area contributed by atoms with E-state index in [-0.39, 0.29) is 19.1 Å². The van der Waals surface area contributed by atoms with Crippen molar-refractivity contribution in [3.8, 4) is 22.8 Å². The number of nitrogens with one attached hydrogen (secondary N) is 2. The number of nitrogens with zero attached hydrogens (tertiary/aromatic N) is 6. The van der Waals surface area contributed by atoms with E-state index in [1.165, 1.54) is 11.2 Å². The summed E-state index contributed by atoms with van der Waals surface area (Å²) in [6, 6.07) is 3.29. The molecule has 3 N–H and O–H groups in total. The topological polar surface area (TPSA) is 133 Å². The highest BCUT2D eigenvalue weighted by atomic mass is 16.3. The molecule has 0 fully saturated rings. The van der Waals surface area contributed by atoms with Gasteiger partial charge in [0.15, 0.2) is 17.5 Å². The molecule has 1 aliphatic rings. The Morgan fingerprint density at radius 3 is 2.81 bits per heavy atom. The highest BCUT2D eigenvalue weighted by Crippen LogP contribution is 2.31. The maximum atomic E-state index is 12.3. The molecular weight excluding hydrogens is 348 g/mol. The monoisotopic (exact) mass is 366 g/mol. The SMILES string of the molecule is Cc1nc(-c2nc[nH]n2)ccc1-c1cnc2c(n1)N(C(C)CO)C(=O)CN2. The smallest absolute Gasteiger partial charge is 0.247 e. The number of aromatic amines is 1. The van der Waals surface area contributed by atoms with Crippen LogP contribution in [-0.2, 0) is 4.79 Å². The zero-order chi connectivity index (χ0) is 19.0. The van der Waals surface area contributed by atoms with Crippen molar-refractivity contribution in [2.24, 2.45) is 0 Å². The van der Waals surface area contributed by atoms with Gasteiger partial charge in [-0.05, 0) is 26.0 Å². The fourth-order valence-electron chi connectivity index (χ4n) is 2.99. The lowest BCUT2D eigenvalue weighted by Crippen LogP contribution is -2.47. The van der Waals surface area contributed by atoms with Crippen molar-refractivity contribution < 1.29 is 9.90 Å².